The molecule has 70 heavy (non-hydrogen) atoms. The molecule has 0 saturated heterocycles. The molecule has 0 bridgehead atoms. The van der Waals surface area contributed by atoms with Crippen LogP contribution in [-0.2, 0) is 14.3 Å². The summed E-state index contributed by atoms with van der Waals surface area (Å²) in [6.45, 7) is 4.85. The molecule has 0 aliphatic rings. The Balaban J connectivity index is 3.51. The number of amides is 1. The molecule has 0 aromatic heterocycles. The van der Waals surface area contributed by atoms with Crippen LogP contribution in [0.4, 0.5) is 0 Å². The fourth-order valence-electron chi connectivity index (χ4n) is 9.31. The minimum Gasteiger partial charge on any atom is -0.466 e. The Morgan fingerprint density at radius 1 is 0.400 bits per heavy atom. The van der Waals surface area contributed by atoms with Crippen molar-refractivity contribution in [1.29, 1.82) is 0 Å². The number of nitrogens with one attached hydrogen (secondary N) is 1. The van der Waals surface area contributed by atoms with E-state index in [-0.39, 0.29) is 18.5 Å². The van der Waals surface area contributed by atoms with Crippen molar-refractivity contribution in [3.8, 4) is 0 Å². The van der Waals surface area contributed by atoms with E-state index in [1.165, 1.54) is 218 Å². The van der Waals surface area contributed by atoms with Gasteiger partial charge >= 0.3 is 5.97 Å². The first-order valence-corrected chi connectivity index (χ1v) is 30.9. The molecule has 0 rings (SSSR count). The van der Waals surface area contributed by atoms with Gasteiger partial charge in [-0.3, -0.25) is 9.59 Å². The summed E-state index contributed by atoms with van der Waals surface area (Å²) >= 11 is 0. The van der Waals surface area contributed by atoms with Gasteiger partial charge in [0.25, 0.3) is 0 Å². The molecule has 0 fully saturated rings. The molecule has 3 N–H and O–H groups in total. The van der Waals surface area contributed by atoms with E-state index < -0.39 is 12.1 Å². The smallest absolute Gasteiger partial charge is 0.305 e. The second kappa shape index (κ2) is 59.4. The number of hydrogen-bond acceptors (Lipinski definition) is 5. The lowest BCUT2D eigenvalue weighted by Crippen LogP contribution is -2.45. The molecule has 2 atom stereocenters. The Morgan fingerprint density at radius 3 is 1.14 bits per heavy atom. The zero-order chi connectivity index (χ0) is 50.7. The molecule has 0 aromatic carbocycles. The number of carbonyl (C=O) groups is 2. The van der Waals surface area contributed by atoms with Crippen molar-refractivity contribution in [1.82, 2.24) is 5.32 Å². The van der Waals surface area contributed by atoms with E-state index in [1.54, 1.807) is 6.08 Å². The third-order valence-corrected chi connectivity index (χ3v) is 14.1. The highest BCUT2D eigenvalue weighted by Gasteiger charge is 2.18. The first-order valence-electron chi connectivity index (χ1n) is 30.9. The highest BCUT2D eigenvalue weighted by atomic mass is 16.5. The number of ether oxygens (including phenoxy) is 1. The summed E-state index contributed by atoms with van der Waals surface area (Å²) in [7, 11) is 0. The number of aliphatic hydroxyl groups excluding tert-OH is 2. The summed E-state index contributed by atoms with van der Waals surface area (Å²) in [5.74, 6) is -0.114. The van der Waals surface area contributed by atoms with Crippen LogP contribution in [0, 0.1) is 0 Å². The fourth-order valence-corrected chi connectivity index (χ4v) is 9.31. The highest BCUT2D eigenvalue weighted by Crippen LogP contribution is 2.17. The Labute approximate surface area is 436 Å². The van der Waals surface area contributed by atoms with Crippen molar-refractivity contribution in [2.75, 3.05) is 13.2 Å². The van der Waals surface area contributed by atoms with Crippen LogP contribution in [0.3, 0.4) is 0 Å². The van der Waals surface area contributed by atoms with Gasteiger partial charge in [-0.2, -0.15) is 0 Å². The van der Waals surface area contributed by atoms with Gasteiger partial charge in [-0.25, -0.2) is 0 Å². The number of esters is 1. The normalized spacial score (nSPS) is 12.9. The largest absolute Gasteiger partial charge is 0.466 e. The molecule has 0 aromatic rings. The first kappa shape index (κ1) is 67.8. The van der Waals surface area contributed by atoms with E-state index in [2.05, 4.69) is 55.6 Å². The van der Waals surface area contributed by atoms with Crippen molar-refractivity contribution in [2.24, 2.45) is 0 Å². The summed E-state index contributed by atoms with van der Waals surface area (Å²) < 4.78 is 5.48. The lowest BCUT2D eigenvalue weighted by Gasteiger charge is -2.19. The van der Waals surface area contributed by atoms with Crippen LogP contribution in [-0.4, -0.2) is 47.4 Å². The molecule has 2 unspecified atom stereocenters. The standard InChI is InChI=1S/C64H119NO5/c1-3-5-7-9-11-13-15-17-19-21-23-24-26-27-29-32-36-40-44-48-52-56-62(67)61(60-66)65-63(68)57-53-49-45-41-37-33-31-35-39-43-47-51-55-59-70-64(69)58-54-50-46-42-38-34-30-28-25-22-20-18-16-14-12-10-8-6-4-2/h12,14,18,20,33,37,52,56,61-62,66-67H,3-11,13,15-17,19,21-32,34-36,38-51,53-55,57-60H2,1-2H3,(H,65,68)/b14-12-,20-18-,37-33-,56-52+. The topological polar surface area (TPSA) is 95.9 Å². The molecule has 6 nitrogen and oxygen atoms in total. The Morgan fingerprint density at radius 2 is 0.714 bits per heavy atom. The SMILES string of the molecule is CCCCC/C=C\C/C=C\CCCCCCCCCCCC(=O)OCCCCCCCC/C=C\CCCCCC(=O)NC(CO)C(O)/C=C/CCCCCCCCCCCCCCCCCCCCC. The first-order chi connectivity index (χ1) is 34.5. The van der Waals surface area contributed by atoms with Gasteiger partial charge in [-0.1, -0.05) is 268 Å². The number of aliphatic hydroxyl groups is 2. The summed E-state index contributed by atoms with van der Waals surface area (Å²) in [6.07, 6.45) is 75.7. The molecule has 0 radical (unpaired) electrons. The lowest BCUT2D eigenvalue weighted by atomic mass is 10.0. The zero-order valence-electron chi connectivity index (χ0n) is 46.7. The van der Waals surface area contributed by atoms with E-state index in [0.29, 0.717) is 19.4 Å². The van der Waals surface area contributed by atoms with E-state index in [0.717, 1.165) is 77.0 Å². The quantitative estimate of drug-likeness (QED) is 0.0321. The third-order valence-electron chi connectivity index (χ3n) is 14.1. The van der Waals surface area contributed by atoms with Gasteiger partial charge in [0.2, 0.25) is 5.91 Å². The van der Waals surface area contributed by atoms with Crippen LogP contribution in [0.25, 0.3) is 0 Å². The maximum atomic E-state index is 12.5. The summed E-state index contributed by atoms with van der Waals surface area (Å²) in [6, 6.07) is -0.650. The van der Waals surface area contributed by atoms with Crippen molar-refractivity contribution >= 4 is 11.9 Å². The molecule has 0 spiro atoms. The van der Waals surface area contributed by atoms with Crippen molar-refractivity contribution in [3.05, 3.63) is 48.6 Å². The maximum Gasteiger partial charge on any atom is 0.305 e. The molecule has 0 aliphatic heterocycles. The Hall–Kier alpha value is -2.18. The Kier molecular flexibility index (Phi) is 57.5. The van der Waals surface area contributed by atoms with Crippen LogP contribution >= 0.6 is 0 Å². The number of rotatable bonds is 57. The van der Waals surface area contributed by atoms with Crippen molar-refractivity contribution in [2.45, 2.75) is 334 Å². The van der Waals surface area contributed by atoms with Crippen LogP contribution in [0.1, 0.15) is 322 Å². The minimum atomic E-state index is -0.864. The number of hydrogen-bond donors (Lipinski definition) is 3. The van der Waals surface area contributed by atoms with E-state index in [9.17, 15) is 19.8 Å². The van der Waals surface area contributed by atoms with Gasteiger partial charge in [0.05, 0.1) is 25.4 Å². The predicted octanol–water partition coefficient (Wildman–Crippen LogP) is 19.4. The van der Waals surface area contributed by atoms with E-state index in [4.69, 9.17) is 4.74 Å². The summed E-state index contributed by atoms with van der Waals surface area (Å²) in [4.78, 5) is 24.6. The second-order valence-corrected chi connectivity index (χ2v) is 21.0. The van der Waals surface area contributed by atoms with Gasteiger partial charge in [-0.05, 0) is 89.9 Å². The van der Waals surface area contributed by atoms with E-state index in [1.807, 2.05) is 6.08 Å². The fraction of sp³-hybridized carbons (Fsp3) is 0.844. The van der Waals surface area contributed by atoms with Crippen molar-refractivity contribution < 1.29 is 24.5 Å². The molecule has 1 amide bonds. The minimum absolute atomic E-state index is 0.0177. The molecular formula is C64H119NO5. The van der Waals surface area contributed by atoms with Crippen LogP contribution in [0.5, 0.6) is 0 Å². The summed E-state index contributed by atoms with van der Waals surface area (Å²) in [5, 5.41) is 23.2. The van der Waals surface area contributed by atoms with Crippen LogP contribution < -0.4 is 5.32 Å². The predicted molar refractivity (Wildman–Crippen MR) is 306 cm³/mol. The molecule has 0 aliphatic carbocycles. The van der Waals surface area contributed by atoms with Gasteiger partial charge in [-0.15, -0.1) is 0 Å². The molecule has 410 valence electrons. The number of allylic oxidation sites excluding steroid dienone is 7. The summed E-state index contributed by atoms with van der Waals surface area (Å²) in [5.41, 5.74) is 0. The van der Waals surface area contributed by atoms with Crippen molar-refractivity contribution in [3.63, 3.8) is 0 Å². The maximum absolute atomic E-state index is 12.5. The lowest BCUT2D eigenvalue weighted by molar-refractivity contribution is -0.143. The molecular weight excluding hydrogens is 863 g/mol. The molecule has 6 heteroatoms. The Bertz CT molecular complexity index is 1180. The van der Waals surface area contributed by atoms with Gasteiger partial charge in [0.1, 0.15) is 0 Å². The number of carbonyl (C=O) groups excluding carboxylic acids is 2. The van der Waals surface area contributed by atoms with Crippen LogP contribution in [0.15, 0.2) is 48.6 Å². The van der Waals surface area contributed by atoms with Gasteiger partial charge < -0.3 is 20.3 Å². The van der Waals surface area contributed by atoms with Gasteiger partial charge in [0.15, 0.2) is 0 Å². The van der Waals surface area contributed by atoms with E-state index >= 15 is 0 Å². The third kappa shape index (κ3) is 55.1. The average molecular weight is 983 g/mol. The number of unbranched alkanes of at least 4 members (excludes halogenated alkanes) is 40. The second-order valence-electron chi connectivity index (χ2n) is 21.0. The highest BCUT2D eigenvalue weighted by molar-refractivity contribution is 5.76. The zero-order valence-corrected chi connectivity index (χ0v) is 46.7. The van der Waals surface area contributed by atoms with Gasteiger partial charge in [0, 0.05) is 12.8 Å². The average Bonchev–Trinajstić information content (AvgIpc) is 3.36. The van der Waals surface area contributed by atoms with Crippen LogP contribution in [0.2, 0.25) is 0 Å². The molecule has 0 saturated carbocycles. The monoisotopic (exact) mass is 982 g/mol. The molecule has 0 heterocycles.